The molecule has 0 aliphatic rings. The summed E-state index contributed by atoms with van der Waals surface area (Å²) in [6, 6.07) is 4.04. The molecule has 0 saturated carbocycles. The van der Waals surface area contributed by atoms with Crippen LogP contribution in [0.2, 0.25) is 0 Å². The van der Waals surface area contributed by atoms with E-state index in [-0.39, 0.29) is 0 Å². The van der Waals surface area contributed by atoms with Crippen LogP contribution in [0.1, 0.15) is 25.3 Å². The van der Waals surface area contributed by atoms with Crippen LogP contribution < -0.4 is 0 Å². The predicted octanol–water partition coefficient (Wildman–Crippen LogP) is 4.37. The molecule has 0 amide bonds. The van der Waals surface area contributed by atoms with Crippen LogP contribution in [0, 0.1) is 6.92 Å². The van der Waals surface area contributed by atoms with E-state index in [1.807, 2.05) is 36.2 Å². The fourth-order valence-electron chi connectivity index (χ4n) is 1.58. The number of oxazole rings is 1. The van der Waals surface area contributed by atoms with E-state index in [2.05, 4.69) is 18.8 Å². The smallest absolute Gasteiger partial charge is 0.236 e. The lowest BCUT2D eigenvalue weighted by Crippen LogP contribution is -2.05. The van der Waals surface area contributed by atoms with Crippen molar-refractivity contribution in [2.75, 3.05) is 12.4 Å². The molecule has 0 saturated heterocycles. The molecule has 5 heteroatoms. The summed E-state index contributed by atoms with van der Waals surface area (Å²) in [5.74, 6) is 3.52. The van der Waals surface area contributed by atoms with Gasteiger partial charge in [0, 0.05) is 11.5 Å². The zero-order chi connectivity index (χ0) is 13.7. The van der Waals surface area contributed by atoms with E-state index in [1.54, 1.807) is 11.3 Å². The van der Waals surface area contributed by atoms with Crippen molar-refractivity contribution in [2.45, 2.75) is 32.6 Å². The highest BCUT2D eigenvalue weighted by Gasteiger charge is 2.11. The topological polar surface area (TPSA) is 35.3 Å². The van der Waals surface area contributed by atoms with Gasteiger partial charge in [-0.3, -0.25) is 0 Å². The van der Waals surface area contributed by atoms with Crippen LogP contribution in [0.3, 0.4) is 0 Å². The lowest BCUT2D eigenvalue weighted by Gasteiger charge is -2.06. The molecule has 0 aliphatic heterocycles. The molecule has 0 aromatic carbocycles. The van der Waals surface area contributed by atoms with Crippen molar-refractivity contribution < 1.29 is 9.15 Å². The Labute approximate surface area is 122 Å². The maximum atomic E-state index is 5.71. The number of nitrogens with zero attached hydrogens (tertiary/aromatic N) is 1. The molecule has 0 bridgehead atoms. The SMILES string of the molecule is Cc1oc(-c2cccs2)nc1CSCCOC(C)C. The molecule has 0 radical (unpaired) electrons. The molecule has 0 aliphatic carbocycles. The number of thioether (sulfide) groups is 1. The third-order valence-electron chi connectivity index (χ3n) is 2.54. The molecule has 0 atom stereocenters. The van der Waals surface area contributed by atoms with Crippen molar-refractivity contribution in [1.29, 1.82) is 0 Å². The van der Waals surface area contributed by atoms with E-state index in [4.69, 9.17) is 9.15 Å². The van der Waals surface area contributed by atoms with Crippen molar-refractivity contribution in [3.8, 4) is 10.8 Å². The Morgan fingerprint density at radius 3 is 3.00 bits per heavy atom. The van der Waals surface area contributed by atoms with Gasteiger partial charge in [0.2, 0.25) is 5.89 Å². The Kier molecular flexibility index (Phi) is 5.48. The summed E-state index contributed by atoms with van der Waals surface area (Å²) in [6.45, 7) is 6.88. The first-order chi connectivity index (χ1) is 9.16. The molecule has 0 spiro atoms. The first-order valence-corrected chi connectivity index (χ1v) is 8.39. The van der Waals surface area contributed by atoms with E-state index in [1.165, 1.54) is 0 Å². The van der Waals surface area contributed by atoms with Crippen molar-refractivity contribution in [2.24, 2.45) is 0 Å². The van der Waals surface area contributed by atoms with E-state index in [0.29, 0.717) is 6.10 Å². The van der Waals surface area contributed by atoms with Crippen LogP contribution in [0.25, 0.3) is 10.8 Å². The lowest BCUT2D eigenvalue weighted by molar-refractivity contribution is 0.0920. The van der Waals surface area contributed by atoms with Crippen molar-refractivity contribution in [3.05, 3.63) is 29.0 Å². The second-order valence-corrected chi connectivity index (χ2v) is 6.52. The van der Waals surface area contributed by atoms with Gasteiger partial charge in [-0.25, -0.2) is 4.98 Å². The summed E-state index contributed by atoms with van der Waals surface area (Å²) >= 11 is 3.48. The van der Waals surface area contributed by atoms with Crippen LogP contribution >= 0.6 is 23.1 Å². The third kappa shape index (κ3) is 4.37. The Hall–Kier alpha value is -0.780. The average molecular weight is 297 g/mol. The Morgan fingerprint density at radius 1 is 1.47 bits per heavy atom. The first-order valence-electron chi connectivity index (χ1n) is 6.36. The molecule has 2 aromatic rings. The number of ether oxygens (including phenoxy) is 1. The monoisotopic (exact) mass is 297 g/mol. The minimum Gasteiger partial charge on any atom is -0.440 e. The van der Waals surface area contributed by atoms with Crippen LogP contribution in [0.5, 0.6) is 0 Å². The normalized spacial score (nSPS) is 11.4. The van der Waals surface area contributed by atoms with Gasteiger partial charge >= 0.3 is 0 Å². The molecule has 0 N–H and O–H groups in total. The highest BCUT2D eigenvalue weighted by Crippen LogP contribution is 2.27. The van der Waals surface area contributed by atoms with Crippen molar-refractivity contribution >= 4 is 23.1 Å². The van der Waals surface area contributed by atoms with Gasteiger partial charge in [0.1, 0.15) is 5.76 Å². The average Bonchev–Trinajstić information content (AvgIpc) is 2.98. The number of hydrogen-bond acceptors (Lipinski definition) is 5. The fourth-order valence-corrected chi connectivity index (χ4v) is 3.05. The second-order valence-electron chi connectivity index (χ2n) is 4.47. The molecular weight excluding hydrogens is 278 g/mol. The predicted molar refractivity (Wildman–Crippen MR) is 81.8 cm³/mol. The highest BCUT2D eigenvalue weighted by atomic mass is 32.2. The second kappa shape index (κ2) is 7.12. The summed E-state index contributed by atoms with van der Waals surface area (Å²) < 4.78 is 11.2. The van der Waals surface area contributed by atoms with Gasteiger partial charge in [-0.05, 0) is 32.2 Å². The number of hydrogen-bond donors (Lipinski definition) is 0. The van der Waals surface area contributed by atoms with E-state index in [9.17, 15) is 0 Å². The van der Waals surface area contributed by atoms with E-state index >= 15 is 0 Å². The van der Waals surface area contributed by atoms with Crippen molar-refractivity contribution in [3.63, 3.8) is 0 Å². The van der Waals surface area contributed by atoms with Gasteiger partial charge < -0.3 is 9.15 Å². The number of aryl methyl sites for hydroxylation is 1. The number of rotatable bonds is 7. The standard InChI is InChI=1S/C14H19NO2S2/c1-10(2)16-6-8-18-9-12-11(3)17-14(15-12)13-5-4-7-19-13/h4-5,7,10H,6,8-9H2,1-3H3. The largest absolute Gasteiger partial charge is 0.440 e. The molecule has 2 aromatic heterocycles. The zero-order valence-corrected chi connectivity index (χ0v) is 13.1. The van der Waals surface area contributed by atoms with Gasteiger partial charge in [-0.1, -0.05) is 6.07 Å². The van der Waals surface area contributed by atoms with E-state index < -0.39 is 0 Å². The van der Waals surface area contributed by atoms with Crippen LogP contribution in [-0.4, -0.2) is 23.4 Å². The highest BCUT2D eigenvalue weighted by molar-refractivity contribution is 7.98. The van der Waals surface area contributed by atoms with Gasteiger partial charge in [-0.15, -0.1) is 11.3 Å². The Bertz CT molecular complexity index is 492. The minimum absolute atomic E-state index is 0.305. The molecule has 2 heterocycles. The first kappa shape index (κ1) is 14.6. The summed E-state index contributed by atoms with van der Waals surface area (Å²) in [5, 5.41) is 2.03. The molecule has 3 nitrogen and oxygen atoms in total. The van der Waals surface area contributed by atoms with Crippen LogP contribution in [-0.2, 0) is 10.5 Å². The molecular formula is C14H19NO2S2. The molecule has 104 valence electrons. The summed E-state index contributed by atoms with van der Waals surface area (Å²) in [6.07, 6.45) is 0.305. The maximum Gasteiger partial charge on any atom is 0.236 e. The quantitative estimate of drug-likeness (QED) is 0.711. The minimum atomic E-state index is 0.305. The van der Waals surface area contributed by atoms with Gasteiger partial charge in [0.25, 0.3) is 0 Å². The summed E-state index contributed by atoms with van der Waals surface area (Å²) in [5.41, 5.74) is 1.04. The summed E-state index contributed by atoms with van der Waals surface area (Å²) in [4.78, 5) is 5.65. The van der Waals surface area contributed by atoms with Gasteiger partial charge in [0.15, 0.2) is 0 Å². The fraction of sp³-hybridized carbons (Fsp3) is 0.500. The zero-order valence-electron chi connectivity index (χ0n) is 11.5. The lowest BCUT2D eigenvalue weighted by atomic mass is 10.4. The maximum absolute atomic E-state index is 5.71. The third-order valence-corrected chi connectivity index (χ3v) is 4.33. The number of thiophene rings is 1. The Morgan fingerprint density at radius 2 is 2.32 bits per heavy atom. The molecule has 2 rings (SSSR count). The molecule has 0 fully saturated rings. The van der Waals surface area contributed by atoms with Crippen LogP contribution in [0.15, 0.2) is 21.9 Å². The van der Waals surface area contributed by atoms with Crippen LogP contribution in [0.4, 0.5) is 0 Å². The van der Waals surface area contributed by atoms with Gasteiger partial charge in [-0.2, -0.15) is 11.8 Å². The van der Waals surface area contributed by atoms with E-state index in [0.717, 1.165) is 40.3 Å². The molecule has 19 heavy (non-hydrogen) atoms. The van der Waals surface area contributed by atoms with Gasteiger partial charge in [0.05, 0.1) is 23.3 Å². The summed E-state index contributed by atoms with van der Waals surface area (Å²) in [7, 11) is 0. The van der Waals surface area contributed by atoms with Crippen molar-refractivity contribution in [1.82, 2.24) is 4.98 Å². The Balaban J connectivity index is 1.84. The number of aromatic nitrogens is 1. The molecule has 0 unspecified atom stereocenters.